The van der Waals surface area contributed by atoms with E-state index in [1.165, 1.54) is 0 Å². The number of hydrogen-bond acceptors (Lipinski definition) is 4. The van der Waals surface area contributed by atoms with Gasteiger partial charge >= 0.3 is 0 Å². The number of para-hydroxylation sites is 3. The summed E-state index contributed by atoms with van der Waals surface area (Å²) < 4.78 is 15.7. The van der Waals surface area contributed by atoms with E-state index in [0.29, 0.717) is 28.7 Å². The standard InChI is InChI=1S/C26H21N3O3/c1-18-24(26(30)29(28(18)2)20-13-7-4-8-14-20)27-17-23-25(19-11-5-3-6-12-19)32-22-16-10-9-15-21(22)31-23/h3-17H,1-2H3. The Morgan fingerprint density at radius 1 is 0.812 bits per heavy atom. The number of rotatable bonds is 4. The Hall–Kier alpha value is -4.32. The molecule has 1 aliphatic rings. The van der Waals surface area contributed by atoms with Gasteiger partial charge in [-0.3, -0.25) is 9.48 Å². The van der Waals surface area contributed by atoms with E-state index in [4.69, 9.17) is 9.47 Å². The molecule has 0 atom stereocenters. The summed E-state index contributed by atoms with van der Waals surface area (Å²) >= 11 is 0. The van der Waals surface area contributed by atoms with Gasteiger partial charge in [-0.1, -0.05) is 60.7 Å². The van der Waals surface area contributed by atoms with Gasteiger partial charge in [0.2, 0.25) is 0 Å². The van der Waals surface area contributed by atoms with Crippen LogP contribution in [0.2, 0.25) is 0 Å². The fourth-order valence-corrected chi connectivity index (χ4v) is 3.65. The molecule has 158 valence electrons. The molecule has 0 amide bonds. The van der Waals surface area contributed by atoms with Crippen molar-refractivity contribution in [1.29, 1.82) is 0 Å². The first-order valence-corrected chi connectivity index (χ1v) is 10.3. The van der Waals surface area contributed by atoms with Crippen molar-refractivity contribution >= 4 is 17.7 Å². The summed E-state index contributed by atoms with van der Waals surface area (Å²) in [5.41, 5.74) is 2.52. The summed E-state index contributed by atoms with van der Waals surface area (Å²) in [4.78, 5) is 17.7. The quantitative estimate of drug-likeness (QED) is 0.433. The second-order valence-electron chi connectivity index (χ2n) is 7.38. The van der Waals surface area contributed by atoms with E-state index >= 15 is 0 Å². The van der Waals surface area contributed by atoms with E-state index in [2.05, 4.69) is 4.99 Å². The monoisotopic (exact) mass is 423 g/mol. The first-order valence-electron chi connectivity index (χ1n) is 10.3. The SMILES string of the molecule is Cc1c(N=CC2=C(c3ccccc3)Oc3ccccc3O2)c(=O)n(-c2ccccc2)n1C. The van der Waals surface area contributed by atoms with Crippen LogP contribution in [0, 0.1) is 6.92 Å². The highest BCUT2D eigenvalue weighted by molar-refractivity contribution is 5.90. The van der Waals surface area contributed by atoms with Crippen molar-refractivity contribution < 1.29 is 9.47 Å². The average molecular weight is 423 g/mol. The fourth-order valence-electron chi connectivity index (χ4n) is 3.65. The number of aromatic nitrogens is 2. The molecule has 1 aromatic heterocycles. The van der Waals surface area contributed by atoms with E-state index < -0.39 is 0 Å². The number of benzene rings is 3. The molecule has 0 unspecified atom stereocenters. The zero-order valence-electron chi connectivity index (χ0n) is 17.7. The van der Waals surface area contributed by atoms with Gasteiger partial charge in [0.15, 0.2) is 28.7 Å². The number of fused-ring (bicyclic) bond motifs is 1. The molecule has 0 saturated carbocycles. The topological polar surface area (TPSA) is 57.8 Å². The first-order chi connectivity index (χ1) is 15.6. The lowest BCUT2D eigenvalue weighted by atomic mass is 10.1. The van der Waals surface area contributed by atoms with Gasteiger partial charge in [-0.05, 0) is 31.2 Å². The van der Waals surface area contributed by atoms with Crippen LogP contribution in [0.25, 0.3) is 11.4 Å². The van der Waals surface area contributed by atoms with Gasteiger partial charge in [0.25, 0.3) is 5.56 Å². The number of allylic oxidation sites excluding steroid dienone is 1. The van der Waals surface area contributed by atoms with Crippen LogP contribution < -0.4 is 15.0 Å². The Balaban J connectivity index is 1.60. The van der Waals surface area contributed by atoms with Crippen LogP contribution in [-0.2, 0) is 7.05 Å². The lowest BCUT2D eigenvalue weighted by Crippen LogP contribution is -2.19. The molecule has 5 rings (SSSR count). The normalized spacial score (nSPS) is 13.1. The van der Waals surface area contributed by atoms with Crippen LogP contribution in [0.3, 0.4) is 0 Å². The molecule has 0 bridgehead atoms. The largest absolute Gasteiger partial charge is 0.449 e. The highest BCUT2D eigenvalue weighted by atomic mass is 16.6. The molecule has 1 aliphatic heterocycles. The van der Waals surface area contributed by atoms with Gasteiger partial charge in [0.1, 0.15) is 0 Å². The van der Waals surface area contributed by atoms with E-state index in [1.54, 1.807) is 15.6 Å². The van der Waals surface area contributed by atoms with E-state index in [1.807, 2.05) is 98.9 Å². The van der Waals surface area contributed by atoms with Gasteiger partial charge in [-0.15, -0.1) is 0 Å². The van der Waals surface area contributed by atoms with Gasteiger partial charge in [-0.25, -0.2) is 9.67 Å². The predicted octanol–water partition coefficient (Wildman–Crippen LogP) is 5.03. The Bertz CT molecular complexity index is 1400. The van der Waals surface area contributed by atoms with Crippen LogP contribution in [-0.4, -0.2) is 15.6 Å². The third kappa shape index (κ3) is 3.41. The van der Waals surface area contributed by atoms with Crippen molar-refractivity contribution in [2.45, 2.75) is 6.92 Å². The first kappa shape index (κ1) is 19.6. The highest BCUT2D eigenvalue weighted by Crippen LogP contribution is 2.37. The van der Waals surface area contributed by atoms with Crippen LogP contribution in [0.15, 0.2) is 100 Å². The molecule has 32 heavy (non-hydrogen) atoms. The number of ether oxygens (including phenoxy) is 2. The van der Waals surface area contributed by atoms with Crippen molar-refractivity contribution in [2.24, 2.45) is 12.0 Å². The minimum Gasteiger partial charge on any atom is -0.449 e. The molecule has 0 fully saturated rings. The zero-order valence-corrected chi connectivity index (χ0v) is 17.7. The molecule has 4 aromatic rings. The summed E-state index contributed by atoms with van der Waals surface area (Å²) in [6.07, 6.45) is 1.55. The lowest BCUT2D eigenvalue weighted by molar-refractivity contribution is 0.367. The highest BCUT2D eigenvalue weighted by Gasteiger charge is 2.22. The fraction of sp³-hybridized carbons (Fsp3) is 0.0769. The lowest BCUT2D eigenvalue weighted by Gasteiger charge is -2.22. The molecule has 0 saturated heterocycles. The maximum Gasteiger partial charge on any atom is 0.297 e. The molecular formula is C26H21N3O3. The van der Waals surface area contributed by atoms with Gasteiger partial charge in [0, 0.05) is 12.6 Å². The number of nitrogens with zero attached hydrogens (tertiary/aromatic N) is 3. The Morgan fingerprint density at radius 3 is 2.09 bits per heavy atom. The van der Waals surface area contributed by atoms with E-state index in [9.17, 15) is 4.79 Å². The van der Waals surface area contributed by atoms with Crippen molar-refractivity contribution in [3.63, 3.8) is 0 Å². The molecule has 0 aliphatic carbocycles. The maximum absolute atomic E-state index is 13.2. The molecule has 0 radical (unpaired) electrons. The molecule has 6 nitrogen and oxygen atoms in total. The number of hydrogen-bond donors (Lipinski definition) is 0. The van der Waals surface area contributed by atoms with Gasteiger partial charge < -0.3 is 9.47 Å². The zero-order chi connectivity index (χ0) is 22.1. The molecule has 3 aromatic carbocycles. The van der Waals surface area contributed by atoms with Crippen LogP contribution in [0.4, 0.5) is 5.69 Å². The molecule has 2 heterocycles. The number of aliphatic imine (C=N–C) groups is 1. The summed E-state index contributed by atoms with van der Waals surface area (Å²) in [6, 6.07) is 26.6. The second kappa shape index (κ2) is 8.07. The van der Waals surface area contributed by atoms with Crippen molar-refractivity contribution in [2.75, 3.05) is 0 Å². The van der Waals surface area contributed by atoms with Crippen molar-refractivity contribution in [3.8, 4) is 17.2 Å². The second-order valence-corrected chi connectivity index (χ2v) is 7.38. The Morgan fingerprint density at radius 2 is 1.41 bits per heavy atom. The smallest absolute Gasteiger partial charge is 0.297 e. The van der Waals surface area contributed by atoms with Crippen molar-refractivity contribution in [1.82, 2.24) is 9.36 Å². The minimum absolute atomic E-state index is 0.202. The Kier molecular flexibility index (Phi) is 4.95. The maximum atomic E-state index is 13.2. The van der Waals surface area contributed by atoms with Crippen molar-refractivity contribution in [3.05, 3.63) is 112 Å². The van der Waals surface area contributed by atoms with E-state index in [0.717, 1.165) is 16.9 Å². The summed E-state index contributed by atoms with van der Waals surface area (Å²) in [5.74, 6) is 2.21. The summed E-state index contributed by atoms with van der Waals surface area (Å²) in [7, 11) is 1.84. The third-order valence-corrected chi connectivity index (χ3v) is 5.38. The third-order valence-electron chi connectivity index (χ3n) is 5.38. The summed E-state index contributed by atoms with van der Waals surface area (Å²) in [5, 5.41) is 0. The van der Waals surface area contributed by atoms with E-state index in [-0.39, 0.29) is 5.56 Å². The van der Waals surface area contributed by atoms with Crippen LogP contribution in [0.5, 0.6) is 11.5 Å². The predicted molar refractivity (Wildman–Crippen MR) is 125 cm³/mol. The molecular weight excluding hydrogens is 402 g/mol. The van der Waals surface area contributed by atoms with Gasteiger partial charge in [0.05, 0.1) is 17.6 Å². The molecule has 6 heteroatoms. The van der Waals surface area contributed by atoms with Crippen LogP contribution >= 0.6 is 0 Å². The summed E-state index contributed by atoms with van der Waals surface area (Å²) in [6.45, 7) is 1.87. The molecule has 0 N–H and O–H groups in total. The molecule has 0 spiro atoms. The van der Waals surface area contributed by atoms with Gasteiger partial charge in [-0.2, -0.15) is 0 Å². The average Bonchev–Trinajstić information content (AvgIpc) is 3.05. The van der Waals surface area contributed by atoms with Crippen LogP contribution in [0.1, 0.15) is 11.3 Å². The Labute approximate surface area is 185 Å². The minimum atomic E-state index is -0.202.